The first kappa shape index (κ1) is 33.1. The zero-order valence-electron chi connectivity index (χ0n) is 26.7. The molecule has 3 fully saturated rings. The van der Waals surface area contributed by atoms with E-state index in [0.29, 0.717) is 50.4 Å². The molecule has 10 nitrogen and oxygen atoms in total. The summed E-state index contributed by atoms with van der Waals surface area (Å²) in [5, 5.41) is 13.1. The van der Waals surface area contributed by atoms with Gasteiger partial charge in [0.25, 0.3) is 0 Å². The van der Waals surface area contributed by atoms with Gasteiger partial charge in [-0.2, -0.15) is 0 Å². The number of carbonyl (C=O) groups excluding carboxylic acids is 3. The number of carboxylic acids is 1. The van der Waals surface area contributed by atoms with Crippen LogP contribution in [0.15, 0.2) is 6.07 Å². The van der Waals surface area contributed by atoms with Crippen molar-refractivity contribution in [2.75, 3.05) is 18.0 Å². The highest BCUT2D eigenvalue weighted by Crippen LogP contribution is 2.42. The van der Waals surface area contributed by atoms with Crippen LogP contribution in [0.1, 0.15) is 114 Å². The number of thiophene rings is 1. The van der Waals surface area contributed by atoms with Gasteiger partial charge < -0.3 is 29.7 Å². The molecule has 1 saturated heterocycles. The number of likely N-dealkylation sites (tertiary alicyclic amines) is 1. The van der Waals surface area contributed by atoms with Gasteiger partial charge in [0.05, 0.1) is 18.8 Å². The fourth-order valence-electron chi connectivity index (χ4n) is 6.10. The number of hydrogen-bond acceptors (Lipinski definition) is 7. The first-order valence-corrected chi connectivity index (χ1v) is 16.5. The number of hydrogen-bond donors (Lipinski definition) is 2. The summed E-state index contributed by atoms with van der Waals surface area (Å²) >= 11 is 1.26. The second kappa shape index (κ2) is 13.0. The molecule has 3 aliphatic rings. The Morgan fingerprint density at radius 2 is 1.56 bits per heavy atom. The van der Waals surface area contributed by atoms with Crippen molar-refractivity contribution in [2.45, 2.75) is 129 Å². The Balaban J connectivity index is 1.39. The standard InChI is InChI=1S/C32H49N3O7S/c1-19-8-10-20(11-9-19)27(36)35(24-16-25(31(2,3)4)43-26(24)28(37)38)22-14-12-21(13-15-22)33-29(39)41-23-17-34(18-23)30(40)42-32(5,6)7/h16,19-23H,8-15,17-18H2,1-7H3,(H,33,39)(H,37,38). The van der Waals surface area contributed by atoms with Crippen LogP contribution in [-0.2, 0) is 19.7 Å². The lowest BCUT2D eigenvalue weighted by atomic mass is 9.81. The van der Waals surface area contributed by atoms with Gasteiger partial charge in [-0.1, -0.05) is 27.7 Å². The summed E-state index contributed by atoms with van der Waals surface area (Å²) < 4.78 is 10.9. The fourth-order valence-corrected chi connectivity index (χ4v) is 7.15. The minimum absolute atomic E-state index is 0.0306. The molecule has 3 amide bonds. The third kappa shape index (κ3) is 8.42. The molecule has 1 aromatic heterocycles. The number of rotatable bonds is 6. The predicted molar refractivity (Wildman–Crippen MR) is 166 cm³/mol. The zero-order chi connectivity index (χ0) is 31.7. The third-order valence-electron chi connectivity index (χ3n) is 8.67. The molecule has 0 radical (unpaired) electrons. The number of aromatic carboxylic acids is 1. The maximum atomic E-state index is 14.1. The highest BCUT2D eigenvalue weighted by molar-refractivity contribution is 7.14. The topological polar surface area (TPSA) is 125 Å². The van der Waals surface area contributed by atoms with Crippen molar-refractivity contribution in [1.82, 2.24) is 10.2 Å². The van der Waals surface area contributed by atoms with Gasteiger partial charge in [-0.3, -0.25) is 4.79 Å². The van der Waals surface area contributed by atoms with Crippen LogP contribution >= 0.6 is 11.3 Å². The molecule has 0 bridgehead atoms. The summed E-state index contributed by atoms with van der Waals surface area (Å²) in [6, 6.07) is 1.67. The first-order valence-electron chi connectivity index (χ1n) is 15.7. The predicted octanol–water partition coefficient (Wildman–Crippen LogP) is 6.56. The van der Waals surface area contributed by atoms with Gasteiger partial charge in [-0.15, -0.1) is 11.3 Å². The SMILES string of the molecule is CC1CCC(C(=O)N(c2cc(C(C)(C)C)sc2C(=O)O)C2CCC(NC(=O)OC3CN(C(=O)OC(C)(C)C)C3)CC2)CC1. The minimum Gasteiger partial charge on any atom is -0.477 e. The second-order valence-corrected chi connectivity index (χ2v) is 15.7. The van der Waals surface area contributed by atoms with Crippen LogP contribution in [0.3, 0.4) is 0 Å². The molecule has 2 heterocycles. The molecule has 2 saturated carbocycles. The molecule has 1 aromatic rings. The molecule has 2 aliphatic carbocycles. The Hall–Kier alpha value is -2.82. The number of alkyl carbamates (subject to hydrolysis) is 1. The summed E-state index contributed by atoms with van der Waals surface area (Å²) in [4.78, 5) is 55.7. The second-order valence-electron chi connectivity index (χ2n) is 14.6. The summed E-state index contributed by atoms with van der Waals surface area (Å²) in [6.45, 7) is 14.4. The van der Waals surface area contributed by atoms with Crippen molar-refractivity contribution in [1.29, 1.82) is 0 Å². The summed E-state index contributed by atoms with van der Waals surface area (Å²) in [6.07, 6.45) is 4.95. The van der Waals surface area contributed by atoms with Gasteiger partial charge in [0, 0.05) is 22.9 Å². The first-order chi connectivity index (χ1) is 20.0. The van der Waals surface area contributed by atoms with E-state index in [1.54, 1.807) is 20.8 Å². The highest BCUT2D eigenvalue weighted by atomic mass is 32.1. The molecular formula is C32H49N3O7S. The average molecular weight is 620 g/mol. The van der Waals surface area contributed by atoms with Crippen molar-refractivity contribution < 1.29 is 33.8 Å². The molecule has 4 rings (SSSR count). The Bertz CT molecular complexity index is 1180. The van der Waals surface area contributed by atoms with Gasteiger partial charge in [-0.05, 0) is 89.5 Å². The normalized spacial score (nSPS) is 25.0. The van der Waals surface area contributed by atoms with E-state index >= 15 is 0 Å². The number of nitrogens with zero attached hydrogens (tertiary/aromatic N) is 2. The molecule has 2 N–H and O–H groups in total. The monoisotopic (exact) mass is 619 g/mol. The van der Waals surface area contributed by atoms with Crippen LogP contribution < -0.4 is 10.2 Å². The number of amides is 3. The molecule has 43 heavy (non-hydrogen) atoms. The van der Waals surface area contributed by atoms with Gasteiger partial charge >= 0.3 is 18.2 Å². The third-order valence-corrected chi connectivity index (χ3v) is 10.2. The summed E-state index contributed by atoms with van der Waals surface area (Å²) in [5.41, 5.74) is -0.308. The van der Waals surface area contributed by atoms with E-state index in [1.807, 2.05) is 11.0 Å². The summed E-state index contributed by atoms with van der Waals surface area (Å²) in [7, 11) is 0. The molecule has 0 aromatic carbocycles. The summed E-state index contributed by atoms with van der Waals surface area (Å²) in [5.74, 6) is -0.486. The smallest absolute Gasteiger partial charge is 0.410 e. The average Bonchev–Trinajstić information content (AvgIpc) is 3.32. The Labute approximate surface area is 259 Å². The van der Waals surface area contributed by atoms with Crippen LogP contribution in [0.25, 0.3) is 0 Å². The number of anilines is 1. The van der Waals surface area contributed by atoms with Crippen molar-refractivity contribution in [3.8, 4) is 0 Å². The lowest BCUT2D eigenvalue weighted by Crippen LogP contribution is -2.57. The van der Waals surface area contributed by atoms with Crippen LogP contribution in [0.4, 0.5) is 15.3 Å². The number of carbonyl (C=O) groups is 4. The van der Waals surface area contributed by atoms with Crippen molar-refractivity contribution in [3.63, 3.8) is 0 Å². The van der Waals surface area contributed by atoms with E-state index in [1.165, 1.54) is 16.2 Å². The maximum absolute atomic E-state index is 14.1. The number of carboxylic acid groups (broad SMARTS) is 1. The minimum atomic E-state index is -1.01. The van der Waals surface area contributed by atoms with Gasteiger partial charge in [0.15, 0.2) is 0 Å². The van der Waals surface area contributed by atoms with Gasteiger partial charge in [-0.25, -0.2) is 14.4 Å². The molecule has 0 unspecified atom stereocenters. The van der Waals surface area contributed by atoms with Gasteiger partial charge in [0.2, 0.25) is 5.91 Å². The molecule has 1 aliphatic heterocycles. The molecular weight excluding hydrogens is 570 g/mol. The number of ether oxygens (including phenoxy) is 2. The molecule has 0 spiro atoms. The highest BCUT2D eigenvalue weighted by Gasteiger charge is 2.40. The Morgan fingerprint density at radius 3 is 2.09 bits per heavy atom. The van der Waals surface area contributed by atoms with Crippen LogP contribution in [0.5, 0.6) is 0 Å². The molecule has 11 heteroatoms. The van der Waals surface area contributed by atoms with E-state index < -0.39 is 23.8 Å². The lowest BCUT2D eigenvalue weighted by molar-refractivity contribution is -0.124. The molecule has 240 valence electrons. The van der Waals surface area contributed by atoms with E-state index in [0.717, 1.165) is 30.6 Å². The van der Waals surface area contributed by atoms with E-state index in [-0.39, 0.29) is 40.3 Å². The fraction of sp³-hybridized carbons (Fsp3) is 0.750. The van der Waals surface area contributed by atoms with Crippen molar-refractivity contribution in [2.24, 2.45) is 11.8 Å². The van der Waals surface area contributed by atoms with Crippen molar-refractivity contribution in [3.05, 3.63) is 15.8 Å². The largest absolute Gasteiger partial charge is 0.477 e. The van der Waals surface area contributed by atoms with Crippen molar-refractivity contribution >= 4 is 41.1 Å². The maximum Gasteiger partial charge on any atom is 0.410 e. The van der Waals surface area contributed by atoms with Crippen LogP contribution in [-0.4, -0.2) is 70.9 Å². The van der Waals surface area contributed by atoms with E-state index in [9.17, 15) is 24.3 Å². The van der Waals surface area contributed by atoms with E-state index in [4.69, 9.17) is 9.47 Å². The Morgan fingerprint density at radius 1 is 0.953 bits per heavy atom. The van der Waals surface area contributed by atoms with Crippen LogP contribution in [0.2, 0.25) is 0 Å². The van der Waals surface area contributed by atoms with E-state index in [2.05, 4.69) is 33.0 Å². The number of nitrogens with one attached hydrogen (secondary N) is 1. The Kier molecular flexibility index (Phi) is 10.0. The quantitative estimate of drug-likeness (QED) is 0.369. The zero-order valence-corrected chi connectivity index (χ0v) is 27.6. The van der Waals surface area contributed by atoms with Crippen LogP contribution in [0, 0.1) is 11.8 Å². The molecule has 0 atom stereocenters. The van der Waals surface area contributed by atoms with Gasteiger partial charge in [0.1, 0.15) is 16.6 Å². The lowest BCUT2D eigenvalue weighted by Gasteiger charge is -2.40.